The molecular weight excluding hydrogens is 166 g/mol. The number of nitrogens with one attached hydrogen (secondary N) is 1. The lowest BCUT2D eigenvalue weighted by molar-refractivity contribution is 0.0945. The first-order valence-electron chi connectivity index (χ1n) is 4.58. The summed E-state index contributed by atoms with van der Waals surface area (Å²) < 4.78 is 1.84. The van der Waals surface area contributed by atoms with Gasteiger partial charge in [-0.1, -0.05) is 0 Å². The second-order valence-corrected chi connectivity index (χ2v) is 3.32. The van der Waals surface area contributed by atoms with Crippen molar-refractivity contribution in [2.45, 2.75) is 25.3 Å². The Kier molecular flexibility index (Phi) is 2.04. The quantitative estimate of drug-likeness (QED) is 0.735. The van der Waals surface area contributed by atoms with Gasteiger partial charge in [-0.3, -0.25) is 9.48 Å². The molecule has 0 bridgehead atoms. The van der Waals surface area contributed by atoms with Crippen molar-refractivity contribution in [2.75, 3.05) is 7.05 Å². The summed E-state index contributed by atoms with van der Waals surface area (Å²) in [6.07, 6.45) is 5.22. The molecule has 1 fully saturated rings. The molecule has 0 aliphatic heterocycles. The Morgan fingerprint density at radius 1 is 1.69 bits per heavy atom. The molecule has 0 saturated heterocycles. The SMILES string of the molecule is CNC(=O)c1ccnn1C1CCC1. The fourth-order valence-electron chi connectivity index (χ4n) is 1.54. The monoisotopic (exact) mass is 179 g/mol. The molecule has 1 aliphatic carbocycles. The van der Waals surface area contributed by atoms with Gasteiger partial charge < -0.3 is 5.32 Å². The van der Waals surface area contributed by atoms with Gasteiger partial charge in [0.05, 0.1) is 6.04 Å². The second kappa shape index (κ2) is 3.20. The van der Waals surface area contributed by atoms with Crippen molar-refractivity contribution < 1.29 is 4.79 Å². The maximum atomic E-state index is 11.4. The zero-order chi connectivity index (χ0) is 9.26. The first-order chi connectivity index (χ1) is 6.33. The summed E-state index contributed by atoms with van der Waals surface area (Å²) in [6.45, 7) is 0. The van der Waals surface area contributed by atoms with Crippen LogP contribution in [0.25, 0.3) is 0 Å². The maximum absolute atomic E-state index is 11.4. The Labute approximate surface area is 76.9 Å². The van der Waals surface area contributed by atoms with Crippen LogP contribution in [0.1, 0.15) is 35.8 Å². The van der Waals surface area contributed by atoms with E-state index in [0.717, 1.165) is 12.8 Å². The highest BCUT2D eigenvalue weighted by Crippen LogP contribution is 2.31. The third-order valence-electron chi connectivity index (χ3n) is 2.55. The van der Waals surface area contributed by atoms with Gasteiger partial charge in [0.2, 0.25) is 0 Å². The van der Waals surface area contributed by atoms with Crippen molar-refractivity contribution in [3.8, 4) is 0 Å². The highest BCUT2D eigenvalue weighted by molar-refractivity contribution is 5.92. The largest absolute Gasteiger partial charge is 0.354 e. The summed E-state index contributed by atoms with van der Waals surface area (Å²) in [6, 6.07) is 2.21. The van der Waals surface area contributed by atoms with E-state index in [1.54, 1.807) is 19.3 Å². The van der Waals surface area contributed by atoms with Crippen LogP contribution in [0, 0.1) is 0 Å². The predicted octanol–water partition coefficient (Wildman–Crippen LogP) is 0.968. The van der Waals surface area contributed by atoms with Gasteiger partial charge in [0.15, 0.2) is 0 Å². The molecule has 0 atom stereocenters. The Hall–Kier alpha value is -1.32. The van der Waals surface area contributed by atoms with E-state index < -0.39 is 0 Å². The van der Waals surface area contributed by atoms with E-state index in [1.807, 2.05) is 4.68 Å². The van der Waals surface area contributed by atoms with Crippen molar-refractivity contribution in [3.05, 3.63) is 18.0 Å². The molecule has 1 saturated carbocycles. The van der Waals surface area contributed by atoms with Crippen molar-refractivity contribution in [1.29, 1.82) is 0 Å². The normalized spacial score (nSPS) is 16.7. The van der Waals surface area contributed by atoms with Crippen LogP contribution in [0.15, 0.2) is 12.3 Å². The van der Waals surface area contributed by atoms with Gasteiger partial charge in [-0.15, -0.1) is 0 Å². The van der Waals surface area contributed by atoms with E-state index in [0.29, 0.717) is 11.7 Å². The third kappa shape index (κ3) is 1.32. The van der Waals surface area contributed by atoms with Crippen LogP contribution in [0.3, 0.4) is 0 Å². The lowest BCUT2D eigenvalue weighted by Gasteiger charge is -2.26. The van der Waals surface area contributed by atoms with Gasteiger partial charge in [0, 0.05) is 13.2 Å². The minimum atomic E-state index is -0.0515. The molecule has 1 heterocycles. The Morgan fingerprint density at radius 3 is 3.00 bits per heavy atom. The summed E-state index contributed by atoms with van der Waals surface area (Å²) in [5.74, 6) is -0.0515. The van der Waals surface area contributed by atoms with Gasteiger partial charge in [-0.25, -0.2) is 0 Å². The smallest absolute Gasteiger partial charge is 0.269 e. The van der Waals surface area contributed by atoms with Crippen molar-refractivity contribution in [2.24, 2.45) is 0 Å². The second-order valence-electron chi connectivity index (χ2n) is 3.32. The minimum Gasteiger partial charge on any atom is -0.354 e. The van der Waals surface area contributed by atoms with Crippen LogP contribution in [0.2, 0.25) is 0 Å². The van der Waals surface area contributed by atoms with Crippen molar-refractivity contribution in [3.63, 3.8) is 0 Å². The Bertz CT molecular complexity index is 314. The topological polar surface area (TPSA) is 46.9 Å². The molecule has 1 N–H and O–H groups in total. The van der Waals surface area contributed by atoms with Gasteiger partial charge in [-0.2, -0.15) is 5.10 Å². The standard InChI is InChI=1S/C9H13N3O/c1-10-9(13)8-5-6-11-12(8)7-3-2-4-7/h5-7H,2-4H2,1H3,(H,10,13). The van der Waals surface area contributed by atoms with Crippen molar-refractivity contribution in [1.82, 2.24) is 15.1 Å². The van der Waals surface area contributed by atoms with Gasteiger partial charge in [0.25, 0.3) is 5.91 Å². The number of aromatic nitrogens is 2. The zero-order valence-corrected chi connectivity index (χ0v) is 7.66. The lowest BCUT2D eigenvalue weighted by atomic mass is 9.93. The van der Waals surface area contributed by atoms with Gasteiger partial charge in [-0.05, 0) is 25.3 Å². The number of amides is 1. The molecular formula is C9H13N3O. The summed E-state index contributed by atoms with van der Waals surface area (Å²) in [4.78, 5) is 11.4. The summed E-state index contributed by atoms with van der Waals surface area (Å²) >= 11 is 0. The maximum Gasteiger partial charge on any atom is 0.269 e. The fraction of sp³-hybridized carbons (Fsp3) is 0.556. The summed E-state index contributed by atoms with van der Waals surface area (Å²) in [7, 11) is 1.64. The molecule has 1 aromatic heterocycles. The lowest BCUT2D eigenvalue weighted by Crippen LogP contribution is -2.27. The number of nitrogens with zero attached hydrogens (tertiary/aromatic N) is 2. The van der Waals surface area contributed by atoms with Crippen molar-refractivity contribution >= 4 is 5.91 Å². The molecule has 13 heavy (non-hydrogen) atoms. The molecule has 4 heteroatoms. The van der Waals surface area contributed by atoms with E-state index in [4.69, 9.17) is 0 Å². The average molecular weight is 179 g/mol. The highest BCUT2D eigenvalue weighted by Gasteiger charge is 2.23. The first-order valence-corrected chi connectivity index (χ1v) is 4.58. The van der Waals surface area contributed by atoms with E-state index in [-0.39, 0.29) is 5.91 Å². The van der Waals surface area contributed by atoms with Crippen LogP contribution < -0.4 is 5.32 Å². The van der Waals surface area contributed by atoms with Crippen LogP contribution in [-0.2, 0) is 0 Å². The Morgan fingerprint density at radius 2 is 2.46 bits per heavy atom. The zero-order valence-electron chi connectivity index (χ0n) is 7.66. The average Bonchev–Trinajstić information content (AvgIpc) is 2.49. The fourth-order valence-corrected chi connectivity index (χ4v) is 1.54. The molecule has 1 aliphatic rings. The van der Waals surface area contributed by atoms with Gasteiger partial charge >= 0.3 is 0 Å². The third-order valence-corrected chi connectivity index (χ3v) is 2.55. The van der Waals surface area contributed by atoms with Crippen LogP contribution >= 0.6 is 0 Å². The number of hydrogen-bond donors (Lipinski definition) is 1. The minimum absolute atomic E-state index is 0.0515. The molecule has 0 radical (unpaired) electrons. The highest BCUT2D eigenvalue weighted by atomic mass is 16.1. The van der Waals surface area contributed by atoms with E-state index in [9.17, 15) is 4.79 Å². The number of rotatable bonds is 2. The molecule has 2 rings (SSSR count). The predicted molar refractivity (Wildman–Crippen MR) is 48.5 cm³/mol. The molecule has 0 spiro atoms. The molecule has 1 aromatic rings. The van der Waals surface area contributed by atoms with Crippen LogP contribution in [0.4, 0.5) is 0 Å². The van der Waals surface area contributed by atoms with E-state index in [2.05, 4.69) is 10.4 Å². The molecule has 1 amide bonds. The summed E-state index contributed by atoms with van der Waals surface area (Å²) in [5.41, 5.74) is 0.673. The van der Waals surface area contributed by atoms with E-state index >= 15 is 0 Å². The van der Waals surface area contributed by atoms with Crippen LogP contribution in [-0.4, -0.2) is 22.7 Å². The molecule has 0 aromatic carbocycles. The molecule has 4 nitrogen and oxygen atoms in total. The van der Waals surface area contributed by atoms with E-state index in [1.165, 1.54) is 6.42 Å². The van der Waals surface area contributed by atoms with Gasteiger partial charge in [0.1, 0.15) is 5.69 Å². The molecule has 70 valence electrons. The number of carbonyl (C=O) groups excluding carboxylic acids is 1. The number of carbonyl (C=O) groups is 1. The van der Waals surface area contributed by atoms with Crippen LogP contribution in [0.5, 0.6) is 0 Å². The first kappa shape index (κ1) is 8.29. The Balaban J connectivity index is 2.24. The molecule has 0 unspecified atom stereocenters. The number of hydrogen-bond acceptors (Lipinski definition) is 2. The summed E-state index contributed by atoms with van der Waals surface area (Å²) in [5, 5.41) is 6.77.